The number of benzene rings is 1. The second-order valence-electron chi connectivity index (χ2n) is 6.49. The molecule has 1 fully saturated rings. The fourth-order valence-corrected chi connectivity index (χ4v) is 3.57. The van der Waals surface area contributed by atoms with Gasteiger partial charge in [-0.3, -0.25) is 4.79 Å². The monoisotopic (exact) mass is 288 g/mol. The lowest BCUT2D eigenvalue weighted by molar-refractivity contribution is -0.130. The number of rotatable bonds is 4. The summed E-state index contributed by atoms with van der Waals surface area (Å²) in [4.78, 5) is 15.0. The first-order valence-corrected chi connectivity index (χ1v) is 8.06. The van der Waals surface area contributed by atoms with Gasteiger partial charge in [0.05, 0.1) is 5.41 Å². The van der Waals surface area contributed by atoms with E-state index in [0.717, 1.165) is 44.5 Å². The fourth-order valence-electron chi connectivity index (χ4n) is 3.57. The molecule has 1 saturated heterocycles. The van der Waals surface area contributed by atoms with Crippen LogP contribution in [0.2, 0.25) is 0 Å². The average molecular weight is 288 g/mol. The molecule has 1 N–H and O–H groups in total. The molecule has 0 bridgehead atoms. The molecule has 1 aliphatic heterocycles. The van der Waals surface area contributed by atoms with Crippen LogP contribution < -0.4 is 10.2 Å². The van der Waals surface area contributed by atoms with Gasteiger partial charge in [0.15, 0.2) is 0 Å². The average Bonchev–Trinajstić information content (AvgIpc) is 2.46. The van der Waals surface area contributed by atoms with Gasteiger partial charge in [-0.25, -0.2) is 0 Å². The summed E-state index contributed by atoms with van der Waals surface area (Å²) >= 11 is 0. The number of amides is 1. The van der Waals surface area contributed by atoms with Crippen molar-refractivity contribution < 1.29 is 4.79 Å². The summed E-state index contributed by atoms with van der Waals surface area (Å²) in [6.07, 6.45) is 3.96. The van der Waals surface area contributed by atoms with Crippen LogP contribution >= 0.6 is 0 Å². The van der Waals surface area contributed by atoms with Crippen LogP contribution in [0.3, 0.4) is 0 Å². The van der Waals surface area contributed by atoms with E-state index in [2.05, 4.69) is 44.3 Å². The molecule has 0 aliphatic carbocycles. The van der Waals surface area contributed by atoms with Gasteiger partial charge < -0.3 is 10.2 Å². The van der Waals surface area contributed by atoms with Crippen molar-refractivity contribution in [1.29, 1.82) is 0 Å². The molecule has 21 heavy (non-hydrogen) atoms. The van der Waals surface area contributed by atoms with Crippen molar-refractivity contribution in [3.63, 3.8) is 0 Å². The van der Waals surface area contributed by atoms with Gasteiger partial charge >= 0.3 is 0 Å². The molecule has 1 amide bonds. The lowest BCUT2D eigenvalue weighted by Gasteiger charge is -2.39. The lowest BCUT2D eigenvalue weighted by Crippen LogP contribution is -2.48. The van der Waals surface area contributed by atoms with E-state index in [1.807, 2.05) is 11.9 Å². The summed E-state index contributed by atoms with van der Waals surface area (Å²) in [5.41, 5.74) is 3.26. The Hall–Kier alpha value is -1.35. The van der Waals surface area contributed by atoms with E-state index in [9.17, 15) is 4.79 Å². The number of carbonyl (C=O) groups is 1. The van der Waals surface area contributed by atoms with Crippen molar-refractivity contribution in [3.8, 4) is 0 Å². The Balaban J connectivity index is 2.27. The van der Waals surface area contributed by atoms with E-state index >= 15 is 0 Å². The van der Waals surface area contributed by atoms with Crippen molar-refractivity contribution in [2.24, 2.45) is 5.41 Å². The standard InChI is InChI=1S/C18H28N2O/c1-5-6-18(7-9-19-10-8-18)17(21)20(4)16-12-14(2)11-15(3)13-16/h11-13,19H,5-10H2,1-4H3. The van der Waals surface area contributed by atoms with Crippen LogP contribution in [0.25, 0.3) is 0 Å². The van der Waals surface area contributed by atoms with Gasteiger partial charge in [0.1, 0.15) is 0 Å². The number of piperidine rings is 1. The smallest absolute Gasteiger partial charge is 0.233 e. The highest BCUT2D eigenvalue weighted by Crippen LogP contribution is 2.37. The molecular weight excluding hydrogens is 260 g/mol. The molecule has 1 aromatic rings. The number of hydrogen-bond donors (Lipinski definition) is 1. The zero-order chi connectivity index (χ0) is 15.5. The molecule has 1 aromatic carbocycles. The molecule has 116 valence electrons. The molecule has 3 nitrogen and oxygen atoms in total. The van der Waals surface area contributed by atoms with E-state index in [1.165, 1.54) is 11.1 Å². The molecule has 0 spiro atoms. The Kier molecular flexibility index (Phi) is 5.04. The van der Waals surface area contributed by atoms with E-state index < -0.39 is 0 Å². The van der Waals surface area contributed by atoms with Gasteiger partial charge in [-0.2, -0.15) is 0 Å². The first-order chi connectivity index (χ1) is 9.98. The maximum atomic E-state index is 13.1. The number of nitrogens with one attached hydrogen (secondary N) is 1. The Morgan fingerprint density at radius 1 is 1.19 bits per heavy atom. The maximum Gasteiger partial charge on any atom is 0.233 e. The van der Waals surface area contributed by atoms with Crippen molar-refractivity contribution in [1.82, 2.24) is 5.32 Å². The highest BCUT2D eigenvalue weighted by molar-refractivity contribution is 5.97. The fraction of sp³-hybridized carbons (Fsp3) is 0.611. The molecular formula is C18H28N2O. The molecule has 2 rings (SSSR count). The van der Waals surface area contributed by atoms with Crippen molar-refractivity contribution in [2.45, 2.75) is 46.5 Å². The Labute approximate surface area is 128 Å². The Morgan fingerprint density at radius 2 is 1.76 bits per heavy atom. The van der Waals surface area contributed by atoms with E-state index in [0.29, 0.717) is 0 Å². The van der Waals surface area contributed by atoms with E-state index in [-0.39, 0.29) is 11.3 Å². The summed E-state index contributed by atoms with van der Waals surface area (Å²) < 4.78 is 0. The third-order valence-electron chi connectivity index (χ3n) is 4.64. The lowest BCUT2D eigenvalue weighted by atomic mass is 9.74. The van der Waals surface area contributed by atoms with Gasteiger partial charge in [-0.1, -0.05) is 19.4 Å². The van der Waals surface area contributed by atoms with E-state index in [1.54, 1.807) is 0 Å². The summed E-state index contributed by atoms with van der Waals surface area (Å²) in [7, 11) is 1.93. The van der Waals surface area contributed by atoms with Crippen LogP contribution in [-0.4, -0.2) is 26.0 Å². The van der Waals surface area contributed by atoms with Crippen LogP contribution in [0, 0.1) is 19.3 Å². The zero-order valence-electron chi connectivity index (χ0n) is 13.8. The first-order valence-electron chi connectivity index (χ1n) is 8.06. The Morgan fingerprint density at radius 3 is 2.29 bits per heavy atom. The Bertz CT molecular complexity index is 478. The maximum absolute atomic E-state index is 13.1. The molecule has 0 unspecified atom stereocenters. The van der Waals surface area contributed by atoms with Crippen molar-refractivity contribution >= 4 is 11.6 Å². The number of anilines is 1. The molecule has 0 atom stereocenters. The molecule has 1 heterocycles. The quantitative estimate of drug-likeness (QED) is 0.920. The molecule has 1 aliphatic rings. The zero-order valence-corrected chi connectivity index (χ0v) is 13.8. The van der Waals surface area contributed by atoms with Crippen LogP contribution in [0.15, 0.2) is 18.2 Å². The number of carbonyl (C=O) groups excluding carboxylic acids is 1. The largest absolute Gasteiger partial charge is 0.317 e. The predicted molar refractivity (Wildman–Crippen MR) is 88.8 cm³/mol. The normalized spacial score (nSPS) is 17.5. The summed E-state index contributed by atoms with van der Waals surface area (Å²) in [5, 5.41) is 3.38. The second-order valence-corrected chi connectivity index (χ2v) is 6.49. The van der Waals surface area contributed by atoms with Crippen LogP contribution in [0.5, 0.6) is 0 Å². The first kappa shape index (κ1) is 16.0. The summed E-state index contributed by atoms with van der Waals surface area (Å²) in [5.74, 6) is 0.288. The van der Waals surface area contributed by atoms with Gasteiger partial charge in [0, 0.05) is 12.7 Å². The van der Waals surface area contributed by atoms with Crippen LogP contribution in [0.4, 0.5) is 5.69 Å². The molecule has 3 heteroatoms. The van der Waals surface area contributed by atoms with Crippen LogP contribution in [0.1, 0.15) is 43.7 Å². The molecule has 0 aromatic heterocycles. The number of aryl methyl sites for hydroxylation is 2. The minimum absolute atomic E-state index is 0.174. The highest BCUT2D eigenvalue weighted by atomic mass is 16.2. The third-order valence-corrected chi connectivity index (χ3v) is 4.64. The minimum atomic E-state index is -0.174. The van der Waals surface area contributed by atoms with Gasteiger partial charge in [-0.15, -0.1) is 0 Å². The third kappa shape index (κ3) is 3.46. The van der Waals surface area contributed by atoms with E-state index in [4.69, 9.17) is 0 Å². The summed E-state index contributed by atoms with van der Waals surface area (Å²) in [6, 6.07) is 6.35. The van der Waals surface area contributed by atoms with Gasteiger partial charge in [0.25, 0.3) is 0 Å². The second kappa shape index (κ2) is 6.61. The number of nitrogens with zero attached hydrogens (tertiary/aromatic N) is 1. The SMILES string of the molecule is CCCC1(C(=O)N(C)c2cc(C)cc(C)c2)CCNCC1. The highest BCUT2D eigenvalue weighted by Gasteiger charge is 2.40. The minimum Gasteiger partial charge on any atom is -0.317 e. The summed E-state index contributed by atoms with van der Waals surface area (Å²) in [6.45, 7) is 8.25. The van der Waals surface area contributed by atoms with Crippen LogP contribution in [-0.2, 0) is 4.79 Å². The number of hydrogen-bond acceptors (Lipinski definition) is 2. The molecule has 0 saturated carbocycles. The van der Waals surface area contributed by atoms with Gasteiger partial charge in [-0.05, 0) is 69.5 Å². The topological polar surface area (TPSA) is 32.3 Å². The molecule has 0 radical (unpaired) electrons. The van der Waals surface area contributed by atoms with Crippen molar-refractivity contribution in [2.75, 3.05) is 25.0 Å². The predicted octanol–water partition coefficient (Wildman–Crippen LogP) is 3.44. The van der Waals surface area contributed by atoms with Crippen molar-refractivity contribution in [3.05, 3.63) is 29.3 Å². The van der Waals surface area contributed by atoms with Gasteiger partial charge in [0.2, 0.25) is 5.91 Å².